The number of halogens is 1. The molecule has 0 saturated carbocycles. The van der Waals surface area contributed by atoms with Crippen molar-refractivity contribution in [1.29, 1.82) is 0 Å². The van der Waals surface area contributed by atoms with Crippen molar-refractivity contribution < 1.29 is 9.66 Å². The molecule has 0 atom stereocenters. The van der Waals surface area contributed by atoms with Crippen LogP contribution in [0.5, 0.6) is 5.75 Å². The third-order valence-electron chi connectivity index (χ3n) is 2.61. The van der Waals surface area contributed by atoms with E-state index >= 15 is 0 Å². The van der Waals surface area contributed by atoms with Crippen LogP contribution in [0.25, 0.3) is 0 Å². The fourth-order valence-corrected chi connectivity index (χ4v) is 1.83. The van der Waals surface area contributed by atoms with Gasteiger partial charge >= 0.3 is 0 Å². The van der Waals surface area contributed by atoms with Crippen LogP contribution < -0.4 is 10.1 Å². The molecule has 2 aromatic rings. The minimum Gasteiger partial charge on any atom is -0.487 e. The minimum absolute atomic E-state index is 0.0284. The highest BCUT2D eigenvalue weighted by molar-refractivity contribution is 6.30. The number of hydrogen-bond acceptors (Lipinski definition) is 5. The first-order chi connectivity index (χ1) is 9.60. The van der Waals surface area contributed by atoms with Crippen LogP contribution in [0.4, 0.5) is 11.4 Å². The minimum atomic E-state index is -0.433. The molecule has 1 aromatic heterocycles. The standard InChI is InChI=1S/C13H12ClN3O3/c1-15-12-4-9(2-3-13(12)17(18)19)8-20-11-5-10(14)6-16-7-11/h2-7,15H,8H2,1H3. The lowest BCUT2D eigenvalue weighted by Gasteiger charge is -2.08. The van der Waals surface area contributed by atoms with Crippen LogP contribution in [0.15, 0.2) is 36.7 Å². The third-order valence-corrected chi connectivity index (χ3v) is 2.82. The van der Waals surface area contributed by atoms with E-state index in [2.05, 4.69) is 10.3 Å². The van der Waals surface area contributed by atoms with Crippen molar-refractivity contribution in [2.45, 2.75) is 6.61 Å². The number of ether oxygens (including phenoxy) is 1. The van der Waals surface area contributed by atoms with E-state index in [1.807, 2.05) is 0 Å². The smallest absolute Gasteiger partial charge is 0.292 e. The molecule has 0 unspecified atom stereocenters. The predicted molar refractivity (Wildman–Crippen MR) is 76.2 cm³/mol. The van der Waals surface area contributed by atoms with Crippen LogP contribution in [-0.2, 0) is 6.61 Å². The number of nitro benzene ring substituents is 1. The van der Waals surface area contributed by atoms with Gasteiger partial charge in [-0.2, -0.15) is 0 Å². The Morgan fingerprint density at radius 1 is 1.40 bits per heavy atom. The number of benzene rings is 1. The fourth-order valence-electron chi connectivity index (χ4n) is 1.67. The zero-order valence-electron chi connectivity index (χ0n) is 10.7. The Morgan fingerprint density at radius 2 is 2.20 bits per heavy atom. The van der Waals surface area contributed by atoms with Crippen molar-refractivity contribution >= 4 is 23.0 Å². The molecule has 1 aromatic carbocycles. The molecule has 0 fully saturated rings. The summed E-state index contributed by atoms with van der Waals surface area (Å²) in [7, 11) is 1.63. The maximum Gasteiger partial charge on any atom is 0.292 e. The van der Waals surface area contributed by atoms with Gasteiger partial charge in [0.1, 0.15) is 18.0 Å². The van der Waals surface area contributed by atoms with Gasteiger partial charge in [0, 0.05) is 25.4 Å². The highest BCUT2D eigenvalue weighted by atomic mass is 35.5. The van der Waals surface area contributed by atoms with Gasteiger partial charge in [0.15, 0.2) is 0 Å². The van der Waals surface area contributed by atoms with Crippen molar-refractivity contribution in [2.24, 2.45) is 0 Å². The second kappa shape index (κ2) is 6.21. The van der Waals surface area contributed by atoms with E-state index in [9.17, 15) is 10.1 Å². The van der Waals surface area contributed by atoms with Crippen LogP contribution in [-0.4, -0.2) is 17.0 Å². The van der Waals surface area contributed by atoms with Crippen LogP contribution in [0.1, 0.15) is 5.56 Å². The number of anilines is 1. The molecule has 104 valence electrons. The lowest BCUT2D eigenvalue weighted by molar-refractivity contribution is -0.384. The van der Waals surface area contributed by atoms with Crippen LogP contribution in [0.2, 0.25) is 5.02 Å². The summed E-state index contributed by atoms with van der Waals surface area (Å²) in [6.07, 6.45) is 3.07. The summed E-state index contributed by atoms with van der Waals surface area (Å²) < 4.78 is 5.53. The molecule has 1 N–H and O–H groups in total. The van der Waals surface area contributed by atoms with Gasteiger partial charge in [-0.1, -0.05) is 11.6 Å². The van der Waals surface area contributed by atoms with Crippen LogP contribution in [0.3, 0.4) is 0 Å². The Kier molecular flexibility index (Phi) is 4.37. The zero-order chi connectivity index (χ0) is 14.5. The molecule has 0 aliphatic rings. The molecule has 0 aliphatic heterocycles. The number of aromatic nitrogens is 1. The zero-order valence-corrected chi connectivity index (χ0v) is 11.4. The quantitative estimate of drug-likeness (QED) is 0.676. The van der Waals surface area contributed by atoms with E-state index in [1.165, 1.54) is 12.3 Å². The van der Waals surface area contributed by atoms with E-state index in [4.69, 9.17) is 16.3 Å². The monoisotopic (exact) mass is 293 g/mol. The Balaban J connectivity index is 2.12. The lowest BCUT2D eigenvalue weighted by Crippen LogP contribution is -2.00. The summed E-state index contributed by atoms with van der Waals surface area (Å²) in [6, 6.07) is 6.42. The second-order valence-corrected chi connectivity index (χ2v) is 4.42. The SMILES string of the molecule is CNc1cc(COc2cncc(Cl)c2)ccc1[N+](=O)[O-]. The molecule has 0 amide bonds. The highest BCUT2D eigenvalue weighted by Gasteiger charge is 2.12. The summed E-state index contributed by atoms with van der Waals surface area (Å²) >= 11 is 5.80. The molecule has 0 saturated heterocycles. The van der Waals surface area contributed by atoms with E-state index < -0.39 is 4.92 Å². The van der Waals surface area contributed by atoms with E-state index in [-0.39, 0.29) is 12.3 Å². The van der Waals surface area contributed by atoms with Gasteiger partial charge in [0.05, 0.1) is 16.1 Å². The summed E-state index contributed by atoms with van der Waals surface area (Å²) in [4.78, 5) is 14.3. The van der Waals surface area contributed by atoms with Crippen LogP contribution in [0, 0.1) is 10.1 Å². The summed E-state index contributed by atoms with van der Waals surface area (Å²) in [5.74, 6) is 0.543. The Morgan fingerprint density at radius 3 is 2.85 bits per heavy atom. The molecular formula is C13H12ClN3O3. The molecule has 1 heterocycles. The maximum absolute atomic E-state index is 10.8. The normalized spacial score (nSPS) is 10.1. The number of nitrogens with zero attached hydrogens (tertiary/aromatic N) is 2. The van der Waals surface area contributed by atoms with Gasteiger partial charge in [0.25, 0.3) is 5.69 Å². The number of rotatable bonds is 5. The Hall–Kier alpha value is -2.34. The van der Waals surface area contributed by atoms with Crippen molar-refractivity contribution in [1.82, 2.24) is 4.98 Å². The summed E-state index contributed by atoms with van der Waals surface area (Å²) in [5.41, 5.74) is 1.28. The molecule has 20 heavy (non-hydrogen) atoms. The average molecular weight is 294 g/mol. The van der Waals surface area contributed by atoms with Crippen LogP contribution >= 0.6 is 11.6 Å². The predicted octanol–water partition coefficient (Wildman–Crippen LogP) is 3.26. The molecular weight excluding hydrogens is 282 g/mol. The maximum atomic E-state index is 10.8. The first-order valence-electron chi connectivity index (χ1n) is 5.78. The average Bonchev–Trinajstić information content (AvgIpc) is 2.44. The molecule has 0 spiro atoms. The largest absolute Gasteiger partial charge is 0.487 e. The molecule has 6 nitrogen and oxygen atoms in total. The molecule has 2 rings (SSSR count). The number of nitro groups is 1. The molecule has 7 heteroatoms. The number of nitrogens with one attached hydrogen (secondary N) is 1. The highest BCUT2D eigenvalue weighted by Crippen LogP contribution is 2.25. The van der Waals surface area contributed by atoms with Gasteiger partial charge < -0.3 is 10.1 Å². The Bertz CT molecular complexity index is 634. The summed E-state index contributed by atoms with van der Waals surface area (Å²) in [6.45, 7) is 0.273. The van der Waals surface area contributed by atoms with Crippen molar-refractivity contribution in [2.75, 3.05) is 12.4 Å². The molecule has 0 aliphatic carbocycles. The lowest BCUT2D eigenvalue weighted by atomic mass is 10.2. The van der Waals surface area contributed by atoms with E-state index in [1.54, 1.807) is 31.4 Å². The van der Waals surface area contributed by atoms with Crippen molar-refractivity contribution in [3.05, 3.63) is 57.4 Å². The van der Waals surface area contributed by atoms with Crippen molar-refractivity contribution in [3.8, 4) is 5.75 Å². The van der Waals surface area contributed by atoms with Gasteiger partial charge in [-0.15, -0.1) is 0 Å². The molecule has 0 radical (unpaired) electrons. The second-order valence-electron chi connectivity index (χ2n) is 3.99. The Labute approximate surface area is 120 Å². The van der Waals surface area contributed by atoms with E-state index in [0.29, 0.717) is 16.5 Å². The first-order valence-corrected chi connectivity index (χ1v) is 6.16. The van der Waals surface area contributed by atoms with Crippen molar-refractivity contribution in [3.63, 3.8) is 0 Å². The topological polar surface area (TPSA) is 77.3 Å². The van der Waals surface area contributed by atoms with Gasteiger partial charge in [-0.05, 0) is 17.7 Å². The third kappa shape index (κ3) is 3.36. The van der Waals surface area contributed by atoms with Gasteiger partial charge in [0.2, 0.25) is 0 Å². The number of hydrogen-bond donors (Lipinski definition) is 1. The molecule has 0 bridgehead atoms. The summed E-state index contributed by atoms with van der Waals surface area (Å²) in [5, 5.41) is 14.1. The van der Waals surface area contributed by atoms with Gasteiger partial charge in [-0.25, -0.2) is 0 Å². The number of pyridine rings is 1. The van der Waals surface area contributed by atoms with E-state index in [0.717, 1.165) is 5.56 Å². The fraction of sp³-hybridized carbons (Fsp3) is 0.154. The first kappa shape index (κ1) is 14.1. The van der Waals surface area contributed by atoms with Gasteiger partial charge in [-0.3, -0.25) is 15.1 Å².